The van der Waals surface area contributed by atoms with Gasteiger partial charge in [0.1, 0.15) is 17.6 Å². The van der Waals surface area contributed by atoms with Gasteiger partial charge in [-0.1, -0.05) is 13.0 Å². The molecule has 7 nitrogen and oxygen atoms in total. The predicted octanol–water partition coefficient (Wildman–Crippen LogP) is 1.07. The van der Waals surface area contributed by atoms with Gasteiger partial charge in [0.2, 0.25) is 0 Å². The molecule has 0 saturated heterocycles. The number of aliphatic imine (C=N–C) groups is 1. The highest BCUT2D eigenvalue weighted by Gasteiger charge is 2.29. The van der Waals surface area contributed by atoms with E-state index < -0.39 is 11.9 Å². The largest absolute Gasteiger partial charge is 0.398 e. The van der Waals surface area contributed by atoms with Gasteiger partial charge in [0.25, 0.3) is 5.91 Å². The molecule has 1 aliphatic rings. The van der Waals surface area contributed by atoms with E-state index in [-0.39, 0.29) is 11.4 Å². The Labute approximate surface area is 135 Å². The molecular formula is C16H22N6O. The average Bonchev–Trinajstić information content (AvgIpc) is 2.51. The van der Waals surface area contributed by atoms with Gasteiger partial charge in [-0.05, 0) is 30.5 Å². The molecule has 1 amide bonds. The normalized spacial score (nSPS) is 17.5. The van der Waals surface area contributed by atoms with E-state index in [0.717, 1.165) is 17.5 Å². The third-order valence-electron chi connectivity index (χ3n) is 3.83. The number of benzene rings is 1. The molecule has 1 aliphatic heterocycles. The summed E-state index contributed by atoms with van der Waals surface area (Å²) < 4.78 is 0. The van der Waals surface area contributed by atoms with Gasteiger partial charge in [-0.2, -0.15) is 0 Å². The van der Waals surface area contributed by atoms with Gasteiger partial charge in [0, 0.05) is 23.9 Å². The molecular weight excluding hydrogens is 292 g/mol. The molecule has 1 heterocycles. The van der Waals surface area contributed by atoms with Crippen molar-refractivity contribution >= 4 is 23.6 Å². The lowest BCUT2D eigenvalue weighted by Gasteiger charge is -2.27. The van der Waals surface area contributed by atoms with E-state index in [1.54, 1.807) is 6.07 Å². The number of hydrogen-bond donors (Lipinski definition) is 5. The van der Waals surface area contributed by atoms with Gasteiger partial charge in [-0.15, -0.1) is 0 Å². The predicted molar refractivity (Wildman–Crippen MR) is 92.1 cm³/mol. The molecule has 0 fully saturated rings. The van der Waals surface area contributed by atoms with Crippen LogP contribution in [0.3, 0.4) is 0 Å². The zero-order valence-electron chi connectivity index (χ0n) is 13.3. The summed E-state index contributed by atoms with van der Waals surface area (Å²) in [6, 6.07) is 3.01. The van der Waals surface area contributed by atoms with Gasteiger partial charge in [0.15, 0.2) is 0 Å². The van der Waals surface area contributed by atoms with Crippen LogP contribution < -0.4 is 22.5 Å². The second kappa shape index (κ2) is 6.51. The molecule has 1 atom stereocenters. The topological polar surface area (TPSA) is 143 Å². The number of amides is 1. The van der Waals surface area contributed by atoms with Crippen LogP contribution >= 0.6 is 0 Å². The summed E-state index contributed by atoms with van der Waals surface area (Å²) >= 11 is 0. The maximum atomic E-state index is 11.7. The highest BCUT2D eigenvalue weighted by atomic mass is 16.1. The van der Waals surface area contributed by atoms with Crippen molar-refractivity contribution in [2.75, 3.05) is 5.73 Å². The SMILES string of the molecule is CCCC1=NC(c2c(C)ccc(N)c2C=N)C(N)=C(C(N)=O)N1. The molecule has 1 unspecified atom stereocenters. The van der Waals surface area contributed by atoms with E-state index in [1.807, 2.05) is 19.9 Å². The molecule has 8 N–H and O–H groups in total. The van der Waals surface area contributed by atoms with E-state index in [9.17, 15) is 4.79 Å². The fourth-order valence-corrected chi connectivity index (χ4v) is 2.68. The lowest BCUT2D eigenvalue weighted by molar-refractivity contribution is -0.114. The Bertz CT molecular complexity index is 720. The van der Waals surface area contributed by atoms with Crippen LogP contribution in [-0.2, 0) is 4.79 Å². The second-order valence-electron chi connectivity index (χ2n) is 5.49. The second-order valence-corrected chi connectivity index (χ2v) is 5.49. The number of nitrogens with zero attached hydrogens (tertiary/aromatic N) is 1. The van der Waals surface area contributed by atoms with Crippen molar-refractivity contribution in [3.63, 3.8) is 0 Å². The Morgan fingerprint density at radius 3 is 2.70 bits per heavy atom. The molecule has 1 aromatic rings. The summed E-state index contributed by atoms with van der Waals surface area (Å²) in [5.74, 6) is 0.0206. The number of nitrogens with two attached hydrogens (primary N) is 3. The Balaban J connectivity index is 2.68. The highest BCUT2D eigenvalue weighted by Crippen LogP contribution is 2.34. The van der Waals surface area contributed by atoms with Crippen molar-refractivity contribution < 1.29 is 4.79 Å². The van der Waals surface area contributed by atoms with Crippen LogP contribution in [0.5, 0.6) is 0 Å². The number of nitrogen functional groups attached to an aromatic ring is 1. The molecule has 122 valence electrons. The smallest absolute Gasteiger partial charge is 0.267 e. The molecule has 23 heavy (non-hydrogen) atoms. The minimum Gasteiger partial charge on any atom is -0.398 e. The van der Waals surface area contributed by atoms with E-state index in [2.05, 4.69) is 10.3 Å². The van der Waals surface area contributed by atoms with Crippen LogP contribution in [0.15, 0.2) is 28.5 Å². The molecule has 2 rings (SSSR count). The van der Waals surface area contributed by atoms with Crippen LogP contribution in [0.25, 0.3) is 0 Å². The third kappa shape index (κ3) is 3.03. The summed E-state index contributed by atoms with van der Waals surface area (Å²) in [6.45, 7) is 3.91. The van der Waals surface area contributed by atoms with Crippen LogP contribution in [0.4, 0.5) is 5.69 Å². The Morgan fingerprint density at radius 2 is 2.13 bits per heavy atom. The first kappa shape index (κ1) is 16.5. The molecule has 7 heteroatoms. The number of anilines is 1. The molecule has 0 radical (unpaired) electrons. The summed E-state index contributed by atoms with van der Waals surface area (Å²) in [5.41, 5.74) is 20.6. The fraction of sp³-hybridized carbons (Fsp3) is 0.312. The zero-order valence-corrected chi connectivity index (χ0v) is 13.3. The van der Waals surface area contributed by atoms with Crippen LogP contribution in [0, 0.1) is 12.3 Å². The highest BCUT2D eigenvalue weighted by molar-refractivity contribution is 6.00. The summed E-state index contributed by atoms with van der Waals surface area (Å²) in [7, 11) is 0. The average molecular weight is 314 g/mol. The summed E-state index contributed by atoms with van der Waals surface area (Å²) in [5, 5.41) is 10.6. The maximum absolute atomic E-state index is 11.7. The van der Waals surface area contributed by atoms with Crippen molar-refractivity contribution in [3.05, 3.63) is 40.2 Å². The first-order valence-corrected chi connectivity index (χ1v) is 7.43. The number of hydrogen-bond acceptors (Lipinski definition) is 6. The Morgan fingerprint density at radius 1 is 1.43 bits per heavy atom. The van der Waals surface area contributed by atoms with Crippen molar-refractivity contribution in [3.8, 4) is 0 Å². The third-order valence-corrected chi connectivity index (χ3v) is 3.83. The van der Waals surface area contributed by atoms with E-state index in [1.165, 1.54) is 6.21 Å². The zero-order chi connectivity index (χ0) is 17.1. The summed E-state index contributed by atoms with van der Waals surface area (Å²) in [6.07, 6.45) is 2.71. The molecule has 0 aromatic heterocycles. The van der Waals surface area contributed by atoms with Crippen LogP contribution in [0.1, 0.15) is 42.5 Å². The van der Waals surface area contributed by atoms with Crippen LogP contribution in [0.2, 0.25) is 0 Å². The molecule has 0 spiro atoms. The standard InChI is InChI=1S/C16H22N6O/c1-3-4-11-21-14(13(19)15(22-11)16(20)23)12-8(2)5-6-10(18)9(12)7-17/h5-7,14,17H,3-4,18-19H2,1-2H3,(H2,20,23)(H,21,22). The number of amidine groups is 1. The molecule has 0 aliphatic carbocycles. The number of primary amides is 1. The number of aryl methyl sites for hydroxylation is 1. The molecule has 1 aromatic carbocycles. The van der Waals surface area contributed by atoms with E-state index in [4.69, 9.17) is 22.6 Å². The monoisotopic (exact) mass is 314 g/mol. The number of nitrogens with one attached hydrogen (secondary N) is 2. The van der Waals surface area contributed by atoms with Crippen molar-refractivity contribution in [1.29, 1.82) is 5.41 Å². The van der Waals surface area contributed by atoms with Gasteiger partial charge in [-0.25, -0.2) is 0 Å². The first-order chi connectivity index (χ1) is 10.9. The van der Waals surface area contributed by atoms with Gasteiger partial charge < -0.3 is 27.9 Å². The quantitative estimate of drug-likeness (QED) is 0.409. The number of carbonyl (C=O) groups is 1. The molecule has 0 saturated carbocycles. The van der Waals surface area contributed by atoms with Crippen molar-refractivity contribution in [2.24, 2.45) is 16.5 Å². The van der Waals surface area contributed by atoms with Gasteiger partial charge >= 0.3 is 0 Å². The Kier molecular flexibility index (Phi) is 4.68. The maximum Gasteiger partial charge on any atom is 0.267 e. The van der Waals surface area contributed by atoms with Crippen molar-refractivity contribution in [2.45, 2.75) is 32.7 Å². The van der Waals surface area contributed by atoms with Gasteiger partial charge in [0.05, 0.1) is 5.70 Å². The summed E-state index contributed by atoms with van der Waals surface area (Å²) in [4.78, 5) is 16.3. The minimum absolute atomic E-state index is 0.159. The number of carbonyl (C=O) groups excluding carboxylic acids is 1. The van der Waals surface area contributed by atoms with Crippen molar-refractivity contribution in [1.82, 2.24) is 5.32 Å². The lowest BCUT2D eigenvalue weighted by Crippen LogP contribution is -2.39. The van der Waals surface area contributed by atoms with E-state index >= 15 is 0 Å². The van der Waals surface area contributed by atoms with E-state index in [0.29, 0.717) is 23.5 Å². The van der Waals surface area contributed by atoms with Gasteiger partial charge in [-0.3, -0.25) is 9.79 Å². The van der Waals surface area contributed by atoms with Crippen LogP contribution in [-0.4, -0.2) is 18.0 Å². The Hall–Kier alpha value is -2.83. The fourth-order valence-electron chi connectivity index (χ4n) is 2.68. The lowest BCUT2D eigenvalue weighted by atomic mass is 9.91. The number of rotatable bonds is 5. The minimum atomic E-state index is -0.631. The first-order valence-electron chi connectivity index (χ1n) is 7.43. The molecule has 0 bridgehead atoms.